The Hall–Kier alpha value is -0.580. The third-order valence-corrected chi connectivity index (χ3v) is 2.66. The fourth-order valence-corrected chi connectivity index (χ4v) is 1.86. The van der Waals surface area contributed by atoms with Crippen molar-refractivity contribution in [2.24, 2.45) is 0 Å². The van der Waals surface area contributed by atoms with Crippen LogP contribution < -0.4 is 0 Å². The summed E-state index contributed by atoms with van der Waals surface area (Å²) < 4.78 is 0. The average Bonchev–Trinajstić information content (AvgIpc) is 2.19. The van der Waals surface area contributed by atoms with Crippen LogP contribution in [0.1, 0.15) is 18.9 Å². The van der Waals surface area contributed by atoms with Gasteiger partial charge in [-0.2, -0.15) is 0 Å². The Morgan fingerprint density at radius 3 is 3.00 bits per heavy atom. The third kappa shape index (κ3) is 4.09. The minimum Gasteiger partial charge on any atom is -0.126 e. The van der Waals surface area contributed by atoms with Crippen LogP contribution in [0.4, 0.5) is 0 Å². The quantitative estimate of drug-likeness (QED) is 0.428. The van der Waals surface area contributed by atoms with Crippen LogP contribution in [0.5, 0.6) is 0 Å². The lowest BCUT2D eigenvalue weighted by atomic mass is 10.2. The van der Waals surface area contributed by atoms with E-state index in [0.717, 1.165) is 17.7 Å². The summed E-state index contributed by atoms with van der Waals surface area (Å²) in [5.41, 5.74) is 1.08. The third-order valence-electron chi connectivity index (χ3n) is 1.60. The Kier molecular flexibility index (Phi) is 5.59. The fraction of sp³-hybridized carbons (Fsp3) is 0.333. The van der Waals surface area contributed by atoms with E-state index in [9.17, 15) is 0 Å². The Labute approximate surface area is 95.0 Å². The summed E-state index contributed by atoms with van der Waals surface area (Å²) in [5.74, 6) is 7.83. The molecule has 0 aliphatic carbocycles. The average molecular weight is 225 g/mol. The highest BCUT2D eigenvalue weighted by Gasteiger charge is 1.92. The molecule has 0 heterocycles. The van der Waals surface area contributed by atoms with Crippen LogP contribution in [0.2, 0.25) is 0 Å². The number of benzene rings is 1. The highest BCUT2D eigenvalue weighted by molar-refractivity contribution is 7.99. The zero-order valence-corrected chi connectivity index (χ0v) is 9.79. The molecule has 0 N–H and O–H groups in total. The maximum absolute atomic E-state index is 5.54. The lowest BCUT2D eigenvalue weighted by molar-refractivity contribution is 1.29. The highest BCUT2D eigenvalue weighted by atomic mass is 35.5. The van der Waals surface area contributed by atoms with Gasteiger partial charge in [0.25, 0.3) is 0 Å². The van der Waals surface area contributed by atoms with Gasteiger partial charge in [0.15, 0.2) is 0 Å². The predicted octanol–water partition coefficient (Wildman–Crippen LogP) is 3.78. The molecule has 0 amide bonds. The van der Waals surface area contributed by atoms with E-state index in [4.69, 9.17) is 11.6 Å². The molecule has 0 unspecified atom stereocenters. The van der Waals surface area contributed by atoms with E-state index >= 15 is 0 Å². The van der Waals surface area contributed by atoms with Crippen LogP contribution in [-0.2, 0) is 0 Å². The standard InChI is InChI=1S/C12H13ClS/c1-2-14-12-8-5-7-11(10-12)6-3-4-9-13/h5,7-8,10H,2,4,9H2,1H3. The van der Waals surface area contributed by atoms with Gasteiger partial charge in [0, 0.05) is 22.8 Å². The molecule has 0 aromatic heterocycles. The summed E-state index contributed by atoms with van der Waals surface area (Å²) in [4.78, 5) is 1.28. The molecule has 0 nitrogen and oxygen atoms in total. The van der Waals surface area contributed by atoms with E-state index < -0.39 is 0 Å². The topological polar surface area (TPSA) is 0 Å². The Bertz CT molecular complexity index is 336. The summed E-state index contributed by atoms with van der Waals surface area (Å²) >= 11 is 7.38. The van der Waals surface area contributed by atoms with E-state index in [1.54, 1.807) is 0 Å². The summed E-state index contributed by atoms with van der Waals surface area (Å²) in [5, 5.41) is 0. The minimum absolute atomic E-state index is 0.608. The Balaban J connectivity index is 2.69. The van der Waals surface area contributed by atoms with Gasteiger partial charge in [-0.1, -0.05) is 24.8 Å². The van der Waals surface area contributed by atoms with Crippen molar-refractivity contribution in [1.82, 2.24) is 0 Å². The molecule has 0 aliphatic heterocycles. The van der Waals surface area contributed by atoms with E-state index in [0.29, 0.717) is 5.88 Å². The van der Waals surface area contributed by atoms with E-state index in [1.807, 2.05) is 23.9 Å². The second kappa shape index (κ2) is 6.81. The Morgan fingerprint density at radius 1 is 1.43 bits per heavy atom. The van der Waals surface area contributed by atoms with Crippen LogP contribution in [0.25, 0.3) is 0 Å². The first kappa shape index (κ1) is 11.5. The molecule has 14 heavy (non-hydrogen) atoms. The summed E-state index contributed by atoms with van der Waals surface area (Å²) in [7, 11) is 0. The van der Waals surface area contributed by atoms with Gasteiger partial charge < -0.3 is 0 Å². The molecular formula is C12H13ClS. The second-order valence-electron chi connectivity index (χ2n) is 2.70. The highest BCUT2D eigenvalue weighted by Crippen LogP contribution is 2.17. The molecule has 0 aliphatic rings. The SMILES string of the molecule is CCSc1cccc(C#CCCCl)c1. The van der Waals surface area contributed by atoms with Crippen molar-refractivity contribution in [1.29, 1.82) is 0 Å². The van der Waals surface area contributed by atoms with Gasteiger partial charge in [-0.15, -0.1) is 23.4 Å². The van der Waals surface area contributed by atoms with Crippen molar-refractivity contribution in [3.63, 3.8) is 0 Å². The van der Waals surface area contributed by atoms with E-state index in [1.165, 1.54) is 4.90 Å². The Morgan fingerprint density at radius 2 is 2.29 bits per heavy atom. The summed E-state index contributed by atoms with van der Waals surface area (Å²) in [6, 6.07) is 8.31. The van der Waals surface area contributed by atoms with E-state index in [-0.39, 0.29) is 0 Å². The van der Waals surface area contributed by atoms with Crippen molar-refractivity contribution < 1.29 is 0 Å². The number of thioether (sulfide) groups is 1. The maximum Gasteiger partial charge on any atom is 0.0333 e. The lowest BCUT2D eigenvalue weighted by Gasteiger charge is -1.97. The first-order chi connectivity index (χ1) is 6.86. The van der Waals surface area contributed by atoms with Crippen molar-refractivity contribution >= 4 is 23.4 Å². The van der Waals surface area contributed by atoms with Gasteiger partial charge in [-0.25, -0.2) is 0 Å². The molecule has 0 fully saturated rings. The van der Waals surface area contributed by atoms with Crippen LogP contribution in [0.3, 0.4) is 0 Å². The van der Waals surface area contributed by atoms with Gasteiger partial charge in [-0.05, 0) is 24.0 Å². The van der Waals surface area contributed by atoms with Crippen molar-refractivity contribution in [3.8, 4) is 11.8 Å². The number of alkyl halides is 1. The molecule has 74 valence electrons. The molecular weight excluding hydrogens is 212 g/mol. The molecule has 0 radical (unpaired) electrons. The minimum atomic E-state index is 0.608. The van der Waals surface area contributed by atoms with Gasteiger partial charge in [-0.3, -0.25) is 0 Å². The number of rotatable bonds is 3. The summed E-state index contributed by atoms with van der Waals surface area (Å²) in [6.45, 7) is 2.15. The lowest BCUT2D eigenvalue weighted by Crippen LogP contribution is -1.77. The first-order valence-corrected chi connectivity index (χ1v) is 6.16. The van der Waals surface area contributed by atoms with E-state index in [2.05, 4.69) is 30.9 Å². The zero-order valence-electron chi connectivity index (χ0n) is 8.22. The number of hydrogen-bond donors (Lipinski definition) is 0. The second-order valence-corrected chi connectivity index (χ2v) is 4.42. The fourth-order valence-electron chi connectivity index (χ4n) is 1.04. The van der Waals surface area contributed by atoms with Gasteiger partial charge >= 0.3 is 0 Å². The van der Waals surface area contributed by atoms with Crippen LogP contribution >= 0.6 is 23.4 Å². The van der Waals surface area contributed by atoms with Gasteiger partial charge in [0.2, 0.25) is 0 Å². The summed E-state index contributed by atoms with van der Waals surface area (Å²) in [6.07, 6.45) is 0.757. The molecule has 1 aromatic carbocycles. The molecule has 0 saturated carbocycles. The number of hydrogen-bond acceptors (Lipinski definition) is 1. The molecule has 1 rings (SSSR count). The van der Waals surface area contributed by atoms with Crippen LogP contribution in [-0.4, -0.2) is 11.6 Å². The molecule has 0 bridgehead atoms. The maximum atomic E-state index is 5.54. The van der Waals surface area contributed by atoms with Gasteiger partial charge in [0.1, 0.15) is 0 Å². The van der Waals surface area contributed by atoms with Crippen molar-refractivity contribution in [3.05, 3.63) is 29.8 Å². The first-order valence-electron chi connectivity index (χ1n) is 4.64. The molecule has 2 heteroatoms. The molecule has 0 saturated heterocycles. The predicted molar refractivity (Wildman–Crippen MR) is 65.1 cm³/mol. The monoisotopic (exact) mass is 224 g/mol. The van der Waals surface area contributed by atoms with Crippen LogP contribution in [0, 0.1) is 11.8 Å². The number of halogens is 1. The van der Waals surface area contributed by atoms with Crippen molar-refractivity contribution in [2.75, 3.05) is 11.6 Å². The molecule has 0 spiro atoms. The zero-order chi connectivity index (χ0) is 10.2. The van der Waals surface area contributed by atoms with Crippen molar-refractivity contribution in [2.45, 2.75) is 18.2 Å². The normalized spacial score (nSPS) is 9.29. The van der Waals surface area contributed by atoms with Gasteiger partial charge in [0.05, 0.1) is 0 Å². The molecule has 0 atom stereocenters. The molecule has 1 aromatic rings. The largest absolute Gasteiger partial charge is 0.126 e. The van der Waals surface area contributed by atoms with Crippen LogP contribution in [0.15, 0.2) is 29.2 Å². The smallest absolute Gasteiger partial charge is 0.0333 e.